The first-order chi connectivity index (χ1) is 14.7. The van der Waals surface area contributed by atoms with Gasteiger partial charge >= 0.3 is 5.97 Å². The monoisotopic (exact) mass is 419 g/mol. The number of carbonyl (C=O) groups excluding carboxylic acids is 4. The van der Waals surface area contributed by atoms with Gasteiger partial charge in [0.25, 0.3) is 17.7 Å². The van der Waals surface area contributed by atoms with Crippen molar-refractivity contribution in [2.45, 2.75) is 32.9 Å². The molecule has 3 rings (SSSR count). The lowest BCUT2D eigenvalue weighted by molar-refractivity contribution is -0.158. The van der Waals surface area contributed by atoms with Gasteiger partial charge in [0.05, 0.1) is 22.8 Å². The van der Waals surface area contributed by atoms with Gasteiger partial charge < -0.3 is 10.1 Å². The number of nitrogens with one attached hydrogen (secondary N) is 1. The van der Waals surface area contributed by atoms with Gasteiger partial charge in [-0.2, -0.15) is 5.26 Å². The predicted molar refractivity (Wildman–Crippen MR) is 111 cm³/mol. The van der Waals surface area contributed by atoms with E-state index in [0.29, 0.717) is 11.3 Å². The van der Waals surface area contributed by atoms with Crippen molar-refractivity contribution in [3.63, 3.8) is 0 Å². The number of rotatable bonds is 6. The van der Waals surface area contributed by atoms with E-state index in [1.54, 1.807) is 44.2 Å². The van der Waals surface area contributed by atoms with E-state index in [0.717, 1.165) is 4.90 Å². The van der Waals surface area contributed by atoms with Crippen LogP contribution in [0.15, 0.2) is 48.5 Å². The highest BCUT2D eigenvalue weighted by Crippen LogP contribution is 2.28. The molecule has 1 aliphatic rings. The number of esters is 1. The molecule has 158 valence electrons. The number of hydrogen-bond donors (Lipinski definition) is 1. The normalized spacial score (nSPS) is 14.6. The summed E-state index contributed by atoms with van der Waals surface area (Å²) in [6.07, 6.45) is -1.19. The first-order valence-electron chi connectivity index (χ1n) is 9.73. The first kappa shape index (κ1) is 21.7. The fraction of sp³-hybridized carbons (Fsp3) is 0.261. The van der Waals surface area contributed by atoms with Crippen LogP contribution in [0.4, 0.5) is 5.69 Å². The average molecular weight is 419 g/mol. The second kappa shape index (κ2) is 8.79. The Labute approximate surface area is 179 Å². The molecule has 0 unspecified atom stereocenters. The lowest BCUT2D eigenvalue weighted by atomic mass is 10.0. The summed E-state index contributed by atoms with van der Waals surface area (Å²) in [4.78, 5) is 51.8. The highest BCUT2D eigenvalue weighted by Gasteiger charge is 2.45. The van der Waals surface area contributed by atoms with E-state index in [2.05, 4.69) is 5.32 Å². The summed E-state index contributed by atoms with van der Waals surface area (Å²) >= 11 is 0. The first-order valence-corrected chi connectivity index (χ1v) is 9.73. The molecular weight excluding hydrogens is 398 g/mol. The number of fused-ring (bicyclic) bond motifs is 1. The van der Waals surface area contributed by atoms with E-state index in [1.165, 1.54) is 25.1 Å². The molecule has 0 radical (unpaired) electrons. The number of carbonyl (C=O) groups is 4. The number of imide groups is 1. The van der Waals surface area contributed by atoms with Crippen molar-refractivity contribution < 1.29 is 23.9 Å². The van der Waals surface area contributed by atoms with Gasteiger partial charge in [-0.1, -0.05) is 32.0 Å². The number of nitriles is 1. The van der Waals surface area contributed by atoms with Crippen LogP contribution in [0.3, 0.4) is 0 Å². The molecule has 1 N–H and O–H groups in total. The Morgan fingerprint density at radius 2 is 1.61 bits per heavy atom. The van der Waals surface area contributed by atoms with Gasteiger partial charge in [-0.3, -0.25) is 19.3 Å². The minimum absolute atomic E-state index is 0.231. The fourth-order valence-corrected chi connectivity index (χ4v) is 3.34. The van der Waals surface area contributed by atoms with Gasteiger partial charge in [0.15, 0.2) is 6.10 Å². The molecule has 8 heteroatoms. The number of hydrogen-bond acceptors (Lipinski definition) is 6. The highest BCUT2D eigenvalue weighted by atomic mass is 16.5. The highest BCUT2D eigenvalue weighted by molar-refractivity contribution is 6.22. The molecule has 31 heavy (non-hydrogen) atoms. The van der Waals surface area contributed by atoms with Gasteiger partial charge in [0.2, 0.25) is 0 Å². The van der Waals surface area contributed by atoms with Gasteiger partial charge in [0, 0.05) is 5.69 Å². The number of nitrogens with zero attached hydrogens (tertiary/aromatic N) is 2. The minimum Gasteiger partial charge on any atom is -0.451 e. The molecule has 0 fully saturated rings. The Hall–Kier alpha value is -3.99. The predicted octanol–water partition coefficient (Wildman–Crippen LogP) is 2.75. The zero-order valence-corrected chi connectivity index (χ0v) is 17.3. The van der Waals surface area contributed by atoms with Crippen molar-refractivity contribution in [1.29, 1.82) is 5.26 Å². The van der Waals surface area contributed by atoms with Crippen LogP contribution in [0.25, 0.3) is 0 Å². The topological polar surface area (TPSA) is 117 Å². The number of benzene rings is 2. The summed E-state index contributed by atoms with van der Waals surface area (Å²) in [6.45, 7) is 4.77. The van der Waals surface area contributed by atoms with E-state index >= 15 is 0 Å². The zero-order chi connectivity index (χ0) is 22.7. The smallest absolute Gasteiger partial charge is 0.330 e. The van der Waals surface area contributed by atoms with Crippen molar-refractivity contribution in [3.8, 4) is 6.07 Å². The molecule has 0 spiro atoms. The summed E-state index contributed by atoms with van der Waals surface area (Å²) in [5, 5.41) is 11.5. The summed E-state index contributed by atoms with van der Waals surface area (Å²) in [5.41, 5.74) is 1.21. The van der Waals surface area contributed by atoms with Gasteiger partial charge in [-0.15, -0.1) is 0 Å². The quantitative estimate of drug-likeness (QED) is 0.568. The molecule has 0 saturated carbocycles. The Morgan fingerprint density at radius 1 is 1.00 bits per heavy atom. The fourth-order valence-electron chi connectivity index (χ4n) is 3.34. The van der Waals surface area contributed by atoms with Gasteiger partial charge in [-0.05, 0) is 43.2 Å². The van der Waals surface area contributed by atoms with Gasteiger partial charge in [0.1, 0.15) is 6.04 Å². The molecule has 3 amide bonds. The van der Waals surface area contributed by atoms with E-state index in [9.17, 15) is 19.2 Å². The molecule has 2 aromatic rings. The van der Waals surface area contributed by atoms with Crippen molar-refractivity contribution >= 4 is 29.4 Å². The molecule has 2 atom stereocenters. The van der Waals surface area contributed by atoms with Crippen molar-refractivity contribution in [2.75, 3.05) is 5.32 Å². The number of anilines is 1. The van der Waals surface area contributed by atoms with Crippen molar-refractivity contribution in [3.05, 3.63) is 65.2 Å². The van der Waals surface area contributed by atoms with Crippen LogP contribution in [-0.2, 0) is 14.3 Å². The van der Waals surface area contributed by atoms with E-state index in [1.807, 2.05) is 6.07 Å². The molecule has 0 saturated heterocycles. The van der Waals surface area contributed by atoms with Crippen molar-refractivity contribution in [1.82, 2.24) is 4.90 Å². The van der Waals surface area contributed by atoms with Crippen molar-refractivity contribution in [2.24, 2.45) is 5.92 Å². The van der Waals surface area contributed by atoms with Crippen LogP contribution in [0, 0.1) is 17.2 Å². The number of ether oxygens (including phenoxy) is 1. The van der Waals surface area contributed by atoms with Crippen LogP contribution in [-0.4, -0.2) is 40.7 Å². The van der Waals surface area contributed by atoms with E-state index < -0.39 is 41.8 Å². The van der Waals surface area contributed by atoms with Gasteiger partial charge in [-0.25, -0.2) is 4.79 Å². The Balaban J connectivity index is 1.74. The summed E-state index contributed by atoms with van der Waals surface area (Å²) < 4.78 is 5.31. The second-order valence-electron chi connectivity index (χ2n) is 7.48. The Morgan fingerprint density at radius 3 is 2.16 bits per heavy atom. The molecular formula is C23H21N3O5. The van der Waals surface area contributed by atoms with Crippen LogP contribution in [0.1, 0.15) is 47.1 Å². The molecule has 1 heterocycles. The molecule has 0 aromatic heterocycles. The maximum Gasteiger partial charge on any atom is 0.330 e. The Kier molecular flexibility index (Phi) is 6.16. The standard InChI is InChI=1S/C23H21N3O5/c1-13(2)19(26-21(28)17-9-4-5-10-18(17)22(26)29)23(30)31-14(3)20(27)25-16-8-6-7-15(11-16)12-24/h4-11,13-14,19H,1-3H3,(H,25,27)/t14-,19+/m1/s1. The summed E-state index contributed by atoms with van der Waals surface area (Å²) in [6, 6.07) is 13.4. The molecule has 2 aromatic carbocycles. The summed E-state index contributed by atoms with van der Waals surface area (Å²) in [7, 11) is 0. The molecule has 8 nitrogen and oxygen atoms in total. The third kappa shape index (κ3) is 4.31. The van der Waals surface area contributed by atoms with Crippen LogP contribution in [0.5, 0.6) is 0 Å². The zero-order valence-electron chi connectivity index (χ0n) is 17.3. The largest absolute Gasteiger partial charge is 0.451 e. The molecule has 0 aliphatic carbocycles. The van der Waals surface area contributed by atoms with E-state index in [4.69, 9.17) is 10.00 Å². The maximum atomic E-state index is 12.9. The lowest BCUT2D eigenvalue weighted by Crippen LogP contribution is -2.50. The average Bonchev–Trinajstić information content (AvgIpc) is 2.99. The molecule has 0 bridgehead atoms. The van der Waals surface area contributed by atoms with Crippen LogP contribution >= 0.6 is 0 Å². The number of amides is 3. The third-order valence-electron chi connectivity index (χ3n) is 4.90. The maximum absolute atomic E-state index is 12.9. The molecule has 1 aliphatic heterocycles. The second-order valence-corrected chi connectivity index (χ2v) is 7.48. The minimum atomic E-state index is -1.19. The third-order valence-corrected chi connectivity index (χ3v) is 4.90. The van der Waals surface area contributed by atoms with Crippen LogP contribution < -0.4 is 5.32 Å². The SMILES string of the molecule is CC(C)[C@@H](C(=O)O[C@H](C)C(=O)Nc1cccc(C#N)c1)N1C(=O)c2ccccc2C1=O. The van der Waals surface area contributed by atoms with E-state index in [-0.39, 0.29) is 11.1 Å². The summed E-state index contributed by atoms with van der Waals surface area (Å²) in [5.74, 6) is -3.02. The lowest BCUT2D eigenvalue weighted by Gasteiger charge is -2.28. The Bertz CT molecular complexity index is 1070. The van der Waals surface area contributed by atoms with Crippen LogP contribution in [0.2, 0.25) is 0 Å².